The summed E-state index contributed by atoms with van der Waals surface area (Å²) in [5, 5.41) is 12.3. The molecular formula is C10H18N2. The first-order valence-electron chi connectivity index (χ1n) is 4.92. The van der Waals surface area contributed by atoms with E-state index in [1.54, 1.807) is 0 Å². The predicted octanol–water partition coefficient (Wildman–Crippen LogP) is 1.92. The van der Waals surface area contributed by atoms with Gasteiger partial charge in [-0.25, -0.2) is 0 Å². The van der Waals surface area contributed by atoms with Crippen molar-refractivity contribution >= 4 is 0 Å². The monoisotopic (exact) mass is 166 g/mol. The number of piperidine rings is 1. The fraction of sp³-hybridized carbons (Fsp3) is 0.900. The van der Waals surface area contributed by atoms with Crippen molar-refractivity contribution in [3.05, 3.63) is 0 Å². The lowest BCUT2D eigenvalue weighted by Crippen LogP contribution is -2.44. The Kier molecular flexibility index (Phi) is 3.55. The van der Waals surface area contributed by atoms with Gasteiger partial charge in [0.1, 0.15) is 0 Å². The number of hydrogen-bond acceptors (Lipinski definition) is 2. The molecule has 3 atom stereocenters. The SMILES string of the molecule is CCC1CCCNC1C(C)C#N. The normalized spacial score (nSPS) is 32.4. The first kappa shape index (κ1) is 9.54. The average molecular weight is 166 g/mol. The number of nitrogens with zero attached hydrogens (tertiary/aromatic N) is 1. The van der Waals surface area contributed by atoms with Gasteiger partial charge in [-0.1, -0.05) is 13.3 Å². The number of nitriles is 1. The molecule has 0 spiro atoms. The lowest BCUT2D eigenvalue weighted by molar-refractivity contribution is 0.238. The Morgan fingerprint density at radius 3 is 3.00 bits per heavy atom. The quantitative estimate of drug-likeness (QED) is 0.680. The summed E-state index contributed by atoms with van der Waals surface area (Å²) < 4.78 is 0. The van der Waals surface area contributed by atoms with Gasteiger partial charge in [0.25, 0.3) is 0 Å². The first-order chi connectivity index (χ1) is 5.79. The Balaban J connectivity index is 2.53. The highest BCUT2D eigenvalue weighted by Crippen LogP contribution is 2.24. The first-order valence-corrected chi connectivity index (χ1v) is 4.92. The van der Waals surface area contributed by atoms with Gasteiger partial charge in [0, 0.05) is 6.04 Å². The van der Waals surface area contributed by atoms with E-state index < -0.39 is 0 Å². The van der Waals surface area contributed by atoms with E-state index in [1.165, 1.54) is 19.3 Å². The van der Waals surface area contributed by atoms with Gasteiger partial charge < -0.3 is 5.32 Å². The predicted molar refractivity (Wildman–Crippen MR) is 49.6 cm³/mol. The van der Waals surface area contributed by atoms with Gasteiger partial charge in [0.15, 0.2) is 0 Å². The van der Waals surface area contributed by atoms with Crippen LogP contribution in [0.4, 0.5) is 0 Å². The maximum absolute atomic E-state index is 8.81. The molecule has 0 aliphatic carbocycles. The molecule has 0 amide bonds. The maximum Gasteiger partial charge on any atom is 0.0669 e. The molecule has 0 bridgehead atoms. The van der Waals surface area contributed by atoms with Gasteiger partial charge in [0.2, 0.25) is 0 Å². The van der Waals surface area contributed by atoms with Gasteiger partial charge >= 0.3 is 0 Å². The zero-order valence-electron chi connectivity index (χ0n) is 8.01. The second kappa shape index (κ2) is 4.47. The molecule has 0 saturated carbocycles. The average Bonchev–Trinajstić information content (AvgIpc) is 2.16. The number of rotatable bonds is 2. The minimum atomic E-state index is 0.162. The van der Waals surface area contributed by atoms with Crippen molar-refractivity contribution in [1.82, 2.24) is 5.32 Å². The van der Waals surface area contributed by atoms with Crippen molar-refractivity contribution in [3.63, 3.8) is 0 Å². The molecule has 1 fully saturated rings. The molecule has 1 heterocycles. The fourth-order valence-electron chi connectivity index (χ4n) is 2.10. The molecule has 2 nitrogen and oxygen atoms in total. The molecule has 12 heavy (non-hydrogen) atoms. The zero-order chi connectivity index (χ0) is 8.97. The van der Waals surface area contributed by atoms with E-state index in [-0.39, 0.29) is 5.92 Å². The molecule has 1 aliphatic rings. The van der Waals surface area contributed by atoms with Gasteiger partial charge in [-0.3, -0.25) is 0 Å². The van der Waals surface area contributed by atoms with Gasteiger partial charge in [-0.05, 0) is 32.2 Å². The maximum atomic E-state index is 8.81. The minimum absolute atomic E-state index is 0.162. The van der Waals surface area contributed by atoms with Crippen molar-refractivity contribution in [2.24, 2.45) is 11.8 Å². The second-order valence-electron chi connectivity index (χ2n) is 3.71. The van der Waals surface area contributed by atoms with Crippen LogP contribution in [0.25, 0.3) is 0 Å². The standard InChI is InChI=1S/C10H18N2/c1-3-9-5-4-6-12-10(9)8(2)7-11/h8-10,12H,3-6H2,1-2H3. The lowest BCUT2D eigenvalue weighted by Gasteiger charge is -2.33. The molecule has 3 unspecified atom stereocenters. The van der Waals surface area contributed by atoms with Crippen LogP contribution in [0.3, 0.4) is 0 Å². The van der Waals surface area contributed by atoms with Crippen LogP contribution in [-0.2, 0) is 0 Å². The van der Waals surface area contributed by atoms with E-state index >= 15 is 0 Å². The Hall–Kier alpha value is -0.550. The van der Waals surface area contributed by atoms with Crippen molar-refractivity contribution in [2.75, 3.05) is 6.54 Å². The van der Waals surface area contributed by atoms with Crippen LogP contribution in [-0.4, -0.2) is 12.6 Å². The van der Waals surface area contributed by atoms with Crippen molar-refractivity contribution in [3.8, 4) is 6.07 Å². The number of hydrogen-bond donors (Lipinski definition) is 1. The summed E-state index contributed by atoms with van der Waals surface area (Å²) in [6.45, 7) is 5.33. The van der Waals surface area contributed by atoms with E-state index in [4.69, 9.17) is 5.26 Å². The van der Waals surface area contributed by atoms with Gasteiger partial charge in [-0.2, -0.15) is 5.26 Å². The Morgan fingerprint density at radius 2 is 2.42 bits per heavy atom. The Bertz CT molecular complexity index is 171. The van der Waals surface area contributed by atoms with E-state index in [9.17, 15) is 0 Å². The highest BCUT2D eigenvalue weighted by Gasteiger charge is 2.27. The summed E-state index contributed by atoms with van der Waals surface area (Å²) >= 11 is 0. The third-order valence-electron chi connectivity index (χ3n) is 2.91. The third-order valence-corrected chi connectivity index (χ3v) is 2.91. The molecule has 0 aromatic rings. The Morgan fingerprint density at radius 1 is 1.67 bits per heavy atom. The molecule has 68 valence electrons. The van der Waals surface area contributed by atoms with E-state index in [0.29, 0.717) is 12.0 Å². The second-order valence-corrected chi connectivity index (χ2v) is 3.71. The van der Waals surface area contributed by atoms with Crippen LogP contribution in [0, 0.1) is 23.2 Å². The van der Waals surface area contributed by atoms with Gasteiger partial charge in [0.05, 0.1) is 12.0 Å². The summed E-state index contributed by atoms with van der Waals surface area (Å²) in [5.74, 6) is 0.878. The van der Waals surface area contributed by atoms with E-state index in [2.05, 4.69) is 18.3 Å². The highest BCUT2D eigenvalue weighted by molar-refractivity contribution is 4.94. The summed E-state index contributed by atoms with van der Waals surface area (Å²) in [4.78, 5) is 0. The van der Waals surface area contributed by atoms with Crippen LogP contribution in [0.2, 0.25) is 0 Å². The van der Waals surface area contributed by atoms with Crippen LogP contribution in [0.1, 0.15) is 33.1 Å². The van der Waals surface area contributed by atoms with Crippen LogP contribution < -0.4 is 5.32 Å². The van der Waals surface area contributed by atoms with Crippen LogP contribution in [0.5, 0.6) is 0 Å². The highest BCUT2D eigenvalue weighted by atomic mass is 14.9. The molecule has 2 heteroatoms. The Labute approximate surface area is 75.0 Å². The molecule has 0 aromatic carbocycles. The summed E-state index contributed by atoms with van der Waals surface area (Å²) in [7, 11) is 0. The van der Waals surface area contributed by atoms with Crippen molar-refractivity contribution in [1.29, 1.82) is 5.26 Å². The van der Waals surface area contributed by atoms with Crippen molar-refractivity contribution in [2.45, 2.75) is 39.2 Å². The largest absolute Gasteiger partial charge is 0.312 e. The van der Waals surface area contributed by atoms with E-state index in [0.717, 1.165) is 6.54 Å². The fourth-order valence-corrected chi connectivity index (χ4v) is 2.10. The molecule has 1 saturated heterocycles. The van der Waals surface area contributed by atoms with Crippen LogP contribution >= 0.6 is 0 Å². The van der Waals surface area contributed by atoms with Crippen LogP contribution in [0.15, 0.2) is 0 Å². The smallest absolute Gasteiger partial charge is 0.0669 e. The van der Waals surface area contributed by atoms with Crippen molar-refractivity contribution < 1.29 is 0 Å². The van der Waals surface area contributed by atoms with E-state index in [1.807, 2.05) is 6.92 Å². The topological polar surface area (TPSA) is 35.8 Å². The summed E-state index contributed by atoms with van der Waals surface area (Å²) in [6, 6.07) is 2.78. The molecule has 1 N–H and O–H groups in total. The number of nitrogens with one attached hydrogen (secondary N) is 1. The molecule has 1 aliphatic heterocycles. The van der Waals surface area contributed by atoms with Gasteiger partial charge in [-0.15, -0.1) is 0 Å². The zero-order valence-corrected chi connectivity index (χ0v) is 8.01. The summed E-state index contributed by atoms with van der Waals surface area (Å²) in [5.41, 5.74) is 0. The molecule has 0 aromatic heterocycles. The molecular weight excluding hydrogens is 148 g/mol. The minimum Gasteiger partial charge on any atom is -0.312 e. The third kappa shape index (κ3) is 1.98. The summed E-state index contributed by atoms with van der Waals surface area (Å²) in [6.07, 6.45) is 3.76. The lowest BCUT2D eigenvalue weighted by atomic mass is 9.82. The molecule has 1 rings (SSSR count). The molecule has 0 radical (unpaired) electrons.